The number of hydrogen-bond acceptors (Lipinski definition) is 9. The summed E-state index contributed by atoms with van der Waals surface area (Å²) in [6.07, 6.45) is -0.0972. The molecule has 2 amide bonds. The lowest BCUT2D eigenvalue weighted by Gasteiger charge is -2.15. The molecular weight excluding hydrogens is 625 g/mol. The van der Waals surface area contributed by atoms with E-state index in [2.05, 4.69) is 11.1 Å². The monoisotopic (exact) mass is 645 g/mol. The minimum absolute atomic E-state index is 0.0972. The Morgan fingerprint density at radius 1 is 1.00 bits per heavy atom. The number of Topliss-reactive ketones (excluding diaryl/α,β-unsaturated/α-hetero) is 1. The van der Waals surface area contributed by atoms with Crippen LogP contribution in [-0.2, 0) is 14.3 Å². The summed E-state index contributed by atoms with van der Waals surface area (Å²) in [4.78, 5) is 56.8. The third kappa shape index (κ3) is 6.60. The summed E-state index contributed by atoms with van der Waals surface area (Å²) in [5, 5.41) is 9.67. The number of carbonyl (C=O) groups is 4. The van der Waals surface area contributed by atoms with Crippen LogP contribution in [0.1, 0.15) is 32.7 Å². The minimum Gasteiger partial charge on any atom is -0.497 e. The molecule has 0 bridgehead atoms. The van der Waals surface area contributed by atoms with Gasteiger partial charge < -0.3 is 9.47 Å². The van der Waals surface area contributed by atoms with Gasteiger partial charge in [-0.1, -0.05) is 47.1 Å². The van der Waals surface area contributed by atoms with Gasteiger partial charge in [0.2, 0.25) is 11.8 Å². The Bertz CT molecular complexity index is 1840. The molecule has 0 aliphatic carbocycles. The number of nitriles is 1. The SMILES string of the molecule is COc1cccc(-c2ccc(C#N)c(SC3CC(=O)N(c4ccc(C(=O)OCC(=O)c5ccc(Cl)c(Cl)c5)cc4)C3=O)n2)c1. The molecule has 1 atom stereocenters. The standard InChI is InChI=1S/C32H21Cl2N3O6S/c1-42-23-4-2-3-19(13-23)26-12-8-21(16-35)30(36-26)44-28-15-29(39)37(31(28)40)22-9-5-18(6-10-22)32(41)43-17-27(38)20-7-11-24(33)25(34)14-20/h2-14,28H,15,17H2,1H3. The Hall–Kier alpha value is -4.69. The molecule has 1 fully saturated rings. The minimum atomic E-state index is -0.806. The Kier molecular flexibility index (Phi) is 9.30. The van der Waals surface area contributed by atoms with Crippen molar-refractivity contribution in [3.63, 3.8) is 0 Å². The second-order valence-corrected chi connectivity index (χ2v) is 11.5. The van der Waals surface area contributed by atoms with Gasteiger partial charge in [-0.3, -0.25) is 14.4 Å². The number of carbonyl (C=O) groups excluding carboxylic acids is 4. The number of esters is 1. The van der Waals surface area contributed by atoms with Crippen LogP contribution in [-0.4, -0.2) is 47.5 Å². The molecule has 0 spiro atoms. The highest BCUT2D eigenvalue weighted by Gasteiger charge is 2.41. The van der Waals surface area contributed by atoms with E-state index in [1.807, 2.05) is 18.2 Å². The van der Waals surface area contributed by atoms with Crippen molar-refractivity contribution in [2.24, 2.45) is 0 Å². The Balaban J connectivity index is 1.26. The van der Waals surface area contributed by atoms with Crippen molar-refractivity contribution < 1.29 is 28.7 Å². The zero-order valence-corrected chi connectivity index (χ0v) is 25.3. The quantitative estimate of drug-likeness (QED) is 0.115. The van der Waals surface area contributed by atoms with Crippen LogP contribution < -0.4 is 9.64 Å². The first-order chi connectivity index (χ1) is 21.2. The summed E-state index contributed by atoms with van der Waals surface area (Å²) in [5.74, 6) is -1.49. The lowest BCUT2D eigenvalue weighted by atomic mass is 10.1. The lowest BCUT2D eigenvalue weighted by Crippen LogP contribution is -2.31. The van der Waals surface area contributed by atoms with Crippen LogP contribution in [0.15, 0.2) is 83.9 Å². The smallest absolute Gasteiger partial charge is 0.338 e. The van der Waals surface area contributed by atoms with Crippen LogP contribution >= 0.6 is 35.0 Å². The van der Waals surface area contributed by atoms with Gasteiger partial charge in [-0.25, -0.2) is 14.7 Å². The summed E-state index contributed by atoms with van der Waals surface area (Å²) in [6.45, 7) is -0.516. The second-order valence-electron chi connectivity index (χ2n) is 9.45. The van der Waals surface area contributed by atoms with Gasteiger partial charge in [0.1, 0.15) is 16.8 Å². The van der Waals surface area contributed by atoms with E-state index in [-0.39, 0.29) is 33.8 Å². The predicted molar refractivity (Wildman–Crippen MR) is 165 cm³/mol. The number of halogens is 2. The maximum Gasteiger partial charge on any atom is 0.338 e. The zero-order valence-electron chi connectivity index (χ0n) is 23.0. The van der Waals surface area contributed by atoms with Crippen molar-refractivity contribution in [1.29, 1.82) is 5.26 Å². The van der Waals surface area contributed by atoms with E-state index < -0.39 is 35.4 Å². The normalized spacial score (nSPS) is 14.3. The van der Waals surface area contributed by atoms with Gasteiger partial charge in [0.05, 0.1) is 44.9 Å². The number of benzene rings is 3. The number of imide groups is 1. The molecule has 3 aromatic carbocycles. The Labute approximate surface area is 266 Å². The van der Waals surface area contributed by atoms with Gasteiger partial charge in [0.25, 0.3) is 0 Å². The van der Waals surface area contributed by atoms with Crippen LogP contribution in [0.3, 0.4) is 0 Å². The largest absolute Gasteiger partial charge is 0.497 e. The van der Waals surface area contributed by atoms with Crippen molar-refractivity contribution >= 4 is 64.2 Å². The van der Waals surface area contributed by atoms with E-state index in [1.165, 1.54) is 42.5 Å². The molecule has 1 aromatic heterocycles. The maximum absolute atomic E-state index is 13.3. The molecule has 12 heteroatoms. The number of anilines is 1. The maximum atomic E-state index is 13.3. The van der Waals surface area contributed by atoms with E-state index in [1.54, 1.807) is 25.3 Å². The first-order valence-corrected chi connectivity index (χ1v) is 14.7. The number of rotatable bonds is 9. The molecule has 1 aliphatic heterocycles. The van der Waals surface area contributed by atoms with Crippen LogP contribution in [0, 0.1) is 11.3 Å². The third-order valence-corrected chi connectivity index (χ3v) is 8.57. The first-order valence-electron chi connectivity index (χ1n) is 13.0. The van der Waals surface area contributed by atoms with Gasteiger partial charge in [-0.15, -0.1) is 0 Å². The van der Waals surface area contributed by atoms with Crippen LogP contribution in [0.25, 0.3) is 11.3 Å². The molecule has 2 heterocycles. The number of amides is 2. The Morgan fingerprint density at radius 3 is 2.45 bits per heavy atom. The summed E-state index contributed by atoms with van der Waals surface area (Å²) >= 11 is 12.9. The van der Waals surface area contributed by atoms with E-state index in [4.69, 9.17) is 32.7 Å². The molecule has 5 rings (SSSR count). The molecule has 9 nitrogen and oxygen atoms in total. The number of nitrogens with zero attached hydrogens (tertiary/aromatic N) is 3. The van der Waals surface area contributed by atoms with E-state index in [9.17, 15) is 24.4 Å². The van der Waals surface area contributed by atoms with E-state index in [0.717, 1.165) is 22.2 Å². The molecule has 1 aliphatic rings. The lowest BCUT2D eigenvalue weighted by molar-refractivity contribution is -0.121. The average Bonchev–Trinajstić information content (AvgIpc) is 3.32. The summed E-state index contributed by atoms with van der Waals surface area (Å²) < 4.78 is 10.4. The summed E-state index contributed by atoms with van der Waals surface area (Å²) in [7, 11) is 1.56. The number of ether oxygens (including phenoxy) is 2. The second kappa shape index (κ2) is 13.3. The molecule has 0 radical (unpaired) electrons. The summed E-state index contributed by atoms with van der Waals surface area (Å²) in [6, 6.07) is 22.7. The summed E-state index contributed by atoms with van der Waals surface area (Å²) in [5.41, 5.74) is 2.26. The first kappa shape index (κ1) is 30.8. The fraction of sp³-hybridized carbons (Fsp3) is 0.125. The zero-order chi connectivity index (χ0) is 31.4. The number of methoxy groups -OCH3 is 1. The molecular formula is C32H21Cl2N3O6S. The molecule has 220 valence electrons. The van der Waals surface area contributed by atoms with E-state index in [0.29, 0.717) is 21.5 Å². The molecule has 0 N–H and O–H groups in total. The number of thioether (sulfide) groups is 1. The van der Waals surface area contributed by atoms with Gasteiger partial charge in [0.15, 0.2) is 12.4 Å². The van der Waals surface area contributed by atoms with Gasteiger partial charge >= 0.3 is 5.97 Å². The van der Waals surface area contributed by atoms with Crippen molar-refractivity contribution in [2.45, 2.75) is 16.7 Å². The highest BCUT2D eigenvalue weighted by molar-refractivity contribution is 8.00. The molecule has 1 unspecified atom stereocenters. The molecule has 44 heavy (non-hydrogen) atoms. The molecule has 4 aromatic rings. The third-order valence-electron chi connectivity index (χ3n) is 6.64. The highest BCUT2D eigenvalue weighted by Crippen LogP contribution is 2.36. The van der Waals surface area contributed by atoms with Crippen molar-refractivity contribution in [3.8, 4) is 23.1 Å². The number of ketones is 1. The molecule has 1 saturated heterocycles. The van der Waals surface area contributed by atoms with E-state index >= 15 is 0 Å². The van der Waals surface area contributed by atoms with Crippen LogP contribution in [0.5, 0.6) is 5.75 Å². The Morgan fingerprint density at radius 2 is 1.75 bits per heavy atom. The van der Waals surface area contributed by atoms with Crippen molar-refractivity contribution in [2.75, 3.05) is 18.6 Å². The molecule has 0 saturated carbocycles. The van der Waals surface area contributed by atoms with Gasteiger partial charge in [0, 0.05) is 17.5 Å². The van der Waals surface area contributed by atoms with Crippen LogP contribution in [0.2, 0.25) is 10.0 Å². The number of aromatic nitrogens is 1. The average molecular weight is 647 g/mol. The predicted octanol–water partition coefficient (Wildman–Crippen LogP) is 6.40. The van der Waals surface area contributed by atoms with Crippen molar-refractivity contribution in [3.05, 3.63) is 106 Å². The number of hydrogen-bond donors (Lipinski definition) is 0. The van der Waals surface area contributed by atoms with Crippen molar-refractivity contribution in [1.82, 2.24) is 4.98 Å². The highest BCUT2D eigenvalue weighted by atomic mass is 35.5. The fourth-order valence-corrected chi connectivity index (χ4v) is 5.77. The number of pyridine rings is 1. The van der Waals surface area contributed by atoms with Gasteiger partial charge in [-0.05, 0) is 66.7 Å². The van der Waals surface area contributed by atoms with Crippen LogP contribution in [0.4, 0.5) is 5.69 Å². The topological polar surface area (TPSA) is 127 Å². The van der Waals surface area contributed by atoms with Gasteiger partial charge in [-0.2, -0.15) is 5.26 Å². The fourth-order valence-electron chi connectivity index (χ4n) is 4.37.